The lowest BCUT2D eigenvalue weighted by molar-refractivity contribution is -0.127. The summed E-state index contributed by atoms with van der Waals surface area (Å²) < 4.78 is 16.6. The fraction of sp³-hybridized carbons (Fsp3) is 0.235. The van der Waals surface area contributed by atoms with E-state index in [0.29, 0.717) is 34.6 Å². The number of aromatic nitrogens is 3. The Morgan fingerprint density at radius 1 is 1.02 bits per heavy atom. The molecule has 2 amide bonds. The van der Waals surface area contributed by atoms with Crippen LogP contribution in [0.1, 0.15) is 60.2 Å². The van der Waals surface area contributed by atoms with Crippen molar-refractivity contribution in [1.29, 1.82) is 0 Å². The number of carbonyl (C=O) groups excluding carboxylic acids is 2. The molecule has 0 spiro atoms. The van der Waals surface area contributed by atoms with Crippen molar-refractivity contribution in [2.75, 3.05) is 25.7 Å². The molecule has 0 saturated heterocycles. The Labute approximate surface area is 272 Å². The zero-order chi connectivity index (χ0) is 33.7. The predicted octanol–water partition coefficient (Wildman–Crippen LogP) is 4.51. The zero-order valence-electron chi connectivity index (χ0n) is 26.7. The van der Waals surface area contributed by atoms with E-state index in [4.69, 9.17) is 25.7 Å². The van der Waals surface area contributed by atoms with Gasteiger partial charge < -0.3 is 31.0 Å². The van der Waals surface area contributed by atoms with Crippen molar-refractivity contribution in [1.82, 2.24) is 25.3 Å². The molecule has 4 aromatic rings. The van der Waals surface area contributed by atoms with Crippen LogP contribution in [0, 0.1) is 0 Å². The van der Waals surface area contributed by atoms with Crippen molar-refractivity contribution in [3.8, 4) is 17.4 Å². The number of anilines is 2. The number of carbonyl (C=O) groups is 2. The molecule has 1 atom stereocenters. The maximum atomic E-state index is 13.8. The molecule has 5 N–H and O–H groups in total. The summed E-state index contributed by atoms with van der Waals surface area (Å²) in [4.78, 5) is 38.5. The van der Waals surface area contributed by atoms with Crippen LogP contribution < -0.4 is 31.0 Å². The van der Waals surface area contributed by atoms with E-state index in [1.54, 1.807) is 36.8 Å². The Bertz CT molecular complexity index is 1850. The fourth-order valence-corrected chi connectivity index (χ4v) is 5.05. The van der Waals surface area contributed by atoms with Crippen molar-refractivity contribution >= 4 is 36.1 Å². The van der Waals surface area contributed by atoms with Gasteiger partial charge in [0.05, 0.1) is 20.4 Å². The third-order valence-electron chi connectivity index (χ3n) is 7.12. The molecule has 5 rings (SSSR count). The smallest absolute Gasteiger partial charge is 0.414 e. The van der Waals surface area contributed by atoms with Gasteiger partial charge in [0, 0.05) is 53.2 Å². The van der Waals surface area contributed by atoms with Crippen molar-refractivity contribution in [3.63, 3.8) is 0 Å². The highest BCUT2D eigenvalue weighted by Gasteiger charge is 2.30. The Hall–Kier alpha value is -5.98. The molecular weight excluding hydrogens is 600 g/mol. The van der Waals surface area contributed by atoms with Crippen molar-refractivity contribution < 1.29 is 23.8 Å². The number of rotatable bonds is 8. The number of nitrogens with one attached hydrogen (secondary N) is 1. The summed E-state index contributed by atoms with van der Waals surface area (Å²) in [7, 11) is 3.06. The minimum Gasteiger partial charge on any atom is -0.493 e. The van der Waals surface area contributed by atoms with E-state index in [2.05, 4.69) is 25.4 Å². The highest BCUT2D eigenvalue weighted by molar-refractivity contribution is 5.95. The van der Waals surface area contributed by atoms with Crippen molar-refractivity contribution in [2.45, 2.75) is 38.8 Å². The average molecular weight is 637 g/mol. The van der Waals surface area contributed by atoms with Crippen LogP contribution in [0.25, 0.3) is 6.08 Å². The third kappa shape index (κ3) is 7.64. The summed E-state index contributed by atoms with van der Waals surface area (Å²) in [5.74, 6) is 1.00. The molecular formula is C34H36N8O5. The van der Waals surface area contributed by atoms with Gasteiger partial charge in [0.25, 0.3) is 5.91 Å². The molecule has 0 saturated carbocycles. The van der Waals surface area contributed by atoms with Gasteiger partial charge in [-0.15, -0.1) is 0 Å². The highest BCUT2D eigenvalue weighted by atomic mass is 16.6. The lowest BCUT2D eigenvalue weighted by atomic mass is 9.94. The number of ether oxygens (including phenoxy) is 3. The van der Waals surface area contributed by atoms with E-state index in [9.17, 15) is 9.59 Å². The fourth-order valence-electron chi connectivity index (χ4n) is 5.05. The largest absolute Gasteiger partial charge is 0.493 e. The third-order valence-corrected chi connectivity index (χ3v) is 7.12. The predicted molar refractivity (Wildman–Crippen MR) is 178 cm³/mol. The Morgan fingerprint density at radius 3 is 2.49 bits per heavy atom. The summed E-state index contributed by atoms with van der Waals surface area (Å²) in [6.45, 7) is 5.55. The lowest BCUT2D eigenvalue weighted by Gasteiger charge is -2.31. The van der Waals surface area contributed by atoms with Crippen LogP contribution in [-0.4, -0.2) is 57.9 Å². The molecule has 13 nitrogen and oxygen atoms in total. The maximum absolute atomic E-state index is 13.8. The number of nitrogens with zero attached hydrogens (tertiary/aromatic N) is 5. The van der Waals surface area contributed by atoms with E-state index < -0.39 is 23.6 Å². The van der Waals surface area contributed by atoms with Crippen LogP contribution in [0.5, 0.6) is 17.4 Å². The standard InChI is InChI=1S/C34H36N8O5/c1-34(2,3)41-33(44)47-27-12-10-23(17-37-27)29-25-9-7-6-8-22(25)19-39-42(29)28(43)13-11-21-14-20(16-26(45-4)30(21)46-5)15-24-18-38-32(36)40-31(24)35/h6-14,16-19,29H,15H2,1-5H3,(H,41,44)(H4,35,36,38,40)/b13-11+. The number of hydrogen-bond acceptors (Lipinski definition) is 11. The van der Waals surface area contributed by atoms with Crippen LogP contribution in [0.3, 0.4) is 0 Å². The molecule has 1 aliphatic heterocycles. The van der Waals surface area contributed by atoms with Gasteiger partial charge in [0.15, 0.2) is 11.5 Å². The Morgan fingerprint density at radius 2 is 1.81 bits per heavy atom. The van der Waals surface area contributed by atoms with Gasteiger partial charge in [-0.1, -0.05) is 24.3 Å². The second kappa shape index (κ2) is 13.6. The molecule has 13 heteroatoms. The Balaban J connectivity index is 1.44. The van der Waals surface area contributed by atoms with Crippen molar-refractivity contribution in [2.24, 2.45) is 5.10 Å². The number of hydrogen-bond donors (Lipinski definition) is 3. The quantitative estimate of drug-likeness (QED) is 0.233. The first-order chi connectivity index (χ1) is 22.5. The van der Waals surface area contributed by atoms with Crippen molar-refractivity contribution in [3.05, 3.63) is 100 Å². The number of nitrogen functional groups attached to an aromatic ring is 2. The van der Waals surface area contributed by atoms with Gasteiger partial charge in [-0.2, -0.15) is 10.1 Å². The first-order valence-corrected chi connectivity index (χ1v) is 14.7. The van der Waals surface area contributed by atoms with E-state index in [0.717, 1.165) is 16.7 Å². The molecule has 3 heterocycles. The van der Waals surface area contributed by atoms with E-state index in [1.165, 1.54) is 25.3 Å². The van der Waals surface area contributed by atoms with E-state index in [1.807, 2.05) is 57.2 Å². The molecule has 0 bridgehead atoms. The number of hydrazone groups is 1. The molecule has 0 aliphatic carbocycles. The van der Waals surface area contributed by atoms with E-state index >= 15 is 0 Å². The highest BCUT2D eigenvalue weighted by Crippen LogP contribution is 2.36. The van der Waals surface area contributed by atoms with Crippen LogP contribution in [0.15, 0.2) is 72.1 Å². The first kappa shape index (κ1) is 32.4. The molecule has 242 valence electrons. The summed E-state index contributed by atoms with van der Waals surface area (Å²) >= 11 is 0. The Kier molecular flexibility index (Phi) is 9.36. The molecule has 2 aromatic carbocycles. The molecule has 0 fully saturated rings. The van der Waals surface area contributed by atoms with E-state index in [-0.39, 0.29) is 17.6 Å². The lowest BCUT2D eigenvalue weighted by Crippen LogP contribution is -2.42. The number of methoxy groups -OCH3 is 2. The topological polar surface area (TPSA) is 180 Å². The zero-order valence-corrected chi connectivity index (χ0v) is 26.7. The van der Waals surface area contributed by atoms with Gasteiger partial charge >= 0.3 is 6.09 Å². The SMILES string of the molecule is COc1cc(Cc2cnc(N)nc2N)cc(/C=C/C(=O)N2N=Cc3ccccc3C2c2ccc(OC(=O)NC(C)(C)C)nc2)c1OC. The minimum atomic E-state index is -0.617. The summed E-state index contributed by atoms with van der Waals surface area (Å²) in [6.07, 6.45) is 7.62. The first-order valence-electron chi connectivity index (χ1n) is 14.7. The normalized spacial score (nSPS) is 14.1. The number of amides is 2. The summed E-state index contributed by atoms with van der Waals surface area (Å²) in [5.41, 5.74) is 15.7. The molecule has 1 unspecified atom stereocenters. The summed E-state index contributed by atoms with van der Waals surface area (Å²) in [6, 6.07) is 14.1. The van der Waals surface area contributed by atoms with Crippen LogP contribution in [-0.2, 0) is 11.2 Å². The molecule has 47 heavy (non-hydrogen) atoms. The van der Waals surface area contributed by atoms with Crippen LogP contribution >= 0.6 is 0 Å². The van der Waals surface area contributed by atoms with Gasteiger partial charge in [-0.3, -0.25) is 4.79 Å². The molecule has 2 aromatic heterocycles. The van der Waals surface area contributed by atoms with Crippen LogP contribution in [0.2, 0.25) is 0 Å². The number of nitrogens with two attached hydrogens (primary N) is 2. The number of pyridine rings is 1. The molecule has 1 aliphatic rings. The minimum absolute atomic E-state index is 0.0885. The number of fused-ring (bicyclic) bond motifs is 1. The second-order valence-electron chi connectivity index (χ2n) is 11.7. The molecule has 0 radical (unpaired) electrons. The van der Waals surface area contributed by atoms with Gasteiger partial charge in [0.2, 0.25) is 11.8 Å². The average Bonchev–Trinajstić information content (AvgIpc) is 3.03. The second-order valence-corrected chi connectivity index (χ2v) is 11.7. The van der Waals surface area contributed by atoms with Gasteiger partial charge in [0.1, 0.15) is 11.9 Å². The summed E-state index contributed by atoms with van der Waals surface area (Å²) in [5, 5.41) is 8.62. The maximum Gasteiger partial charge on any atom is 0.414 e. The number of benzene rings is 2. The van der Waals surface area contributed by atoms with Gasteiger partial charge in [-0.25, -0.2) is 19.8 Å². The monoisotopic (exact) mass is 636 g/mol. The van der Waals surface area contributed by atoms with Crippen LogP contribution in [0.4, 0.5) is 16.6 Å². The van der Waals surface area contributed by atoms with Gasteiger partial charge in [-0.05, 0) is 61.7 Å².